The van der Waals surface area contributed by atoms with E-state index >= 15 is 0 Å². The molecular formula is C19H28N4. The maximum absolute atomic E-state index is 9.01. The highest BCUT2D eigenvalue weighted by molar-refractivity contribution is 5.84. The molecule has 2 aromatic rings. The van der Waals surface area contributed by atoms with Crippen molar-refractivity contribution < 1.29 is 0 Å². The van der Waals surface area contributed by atoms with E-state index in [2.05, 4.69) is 27.5 Å². The zero-order valence-corrected chi connectivity index (χ0v) is 14.4. The first-order chi connectivity index (χ1) is 11.4. The van der Waals surface area contributed by atoms with E-state index in [4.69, 9.17) is 5.26 Å². The van der Waals surface area contributed by atoms with Crippen molar-refractivity contribution in [2.45, 2.75) is 33.1 Å². The fourth-order valence-corrected chi connectivity index (χ4v) is 3.04. The Morgan fingerprint density at radius 3 is 2.70 bits per heavy atom. The Labute approximate surface area is 139 Å². The van der Waals surface area contributed by atoms with Gasteiger partial charge in [0.25, 0.3) is 0 Å². The summed E-state index contributed by atoms with van der Waals surface area (Å²) in [5.74, 6) is 0. The van der Waals surface area contributed by atoms with Crippen LogP contribution in [0.25, 0.3) is 10.9 Å². The van der Waals surface area contributed by atoms with Crippen LogP contribution in [0.1, 0.15) is 37.8 Å². The monoisotopic (exact) mass is 312 g/mol. The highest BCUT2D eigenvalue weighted by Crippen LogP contribution is 2.21. The molecule has 1 fully saturated rings. The fraction of sp³-hybridized carbons (Fsp3) is 0.526. The van der Waals surface area contributed by atoms with Crippen LogP contribution in [0, 0.1) is 11.3 Å². The Morgan fingerprint density at radius 2 is 1.96 bits per heavy atom. The second-order valence-electron chi connectivity index (χ2n) is 5.73. The van der Waals surface area contributed by atoms with Crippen molar-refractivity contribution in [2.24, 2.45) is 0 Å². The molecule has 3 rings (SSSR count). The van der Waals surface area contributed by atoms with Crippen molar-refractivity contribution in [3.05, 3.63) is 35.5 Å². The molecule has 23 heavy (non-hydrogen) atoms. The van der Waals surface area contributed by atoms with Gasteiger partial charge in [0.2, 0.25) is 0 Å². The van der Waals surface area contributed by atoms with E-state index in [0.717, 1.165) is 30.6 Å². The molecule has 0 bridgehead atoms. The van der Waals surface area contributed by atoms with Gasteiger partial charge in [0.05, 0.1) is 11.6 Å². The number of hydrogen-bond acceptors (Lipinski definition) is 3. The standard InChI is InChI=1S/C17H22N4.C2H6/c18-12-14-4-5-17-16(11-14)15(13-20-17)3-1-2-8-21-9-6-19-7-10-21;1-2/h4-5,11,13,19-20H,1-3,6-10H2;1-2H3. The van der Waals surface area contributed by atoms with Crippen LogP contribution >= 0.6 is 0 Å². The maximum Gasteiger partial charge on any atom is 0.0991 e. The van der Waals surface area contributed by atoms with Crippen molar-refractivity contribution in [3.63, 3.8) is 0 Å². The average Bonchev–Trinajstić information content (AvgIpc) is 3.03. The molecule has 1 aliphatic rings. The summed E-state index contributed by atoms with van der Waals surface area (Å²) in [7, 11) is 0. The van der Waals surface area contributed by atoms with Gasteiger partial charge in [-0.2, -0.15) is 5.26 Å². The third-order valence-corrected chi connectivity index (χ3v) is 4.28. The van der Waals surface area contributed by atoms with Gasteiger partial charge in [0.15, 0.2) is 0 Å². The first-order valence-electron chi connectivity index (χ1n) is 8.80. The maximum atomic E-state index is 9.01. The van der Waals surface area contributed by atoms with Crippen LogP contribution in [0.3, 0.4) is 0 Å². The molecule has 0 atom stereocenters. The second kappa shape index (κ2) is 9.34. The Balaban J connectivity index is 0.000000924. The lowest BCUT2D eigenvalue weighted by atomic mass is 10.1. The lowest BCUT2D eigenvalue weighted by Gasteiger charge is -2.26. The van der Waals surface area contributed by atoms with Gasteiger partial charge in [0, 0.05) is 43.3 Å². The lowest BCUT2D eigenvalue weighted by molar-refractivity contribution is 0.237. The van der Waals surface area contributed by atoms with Crippen LogP contribution in [0.15, 0.2) is 24.4 Å². The van der Waals surface area contributed by atoms with Crippen molar-refractivity contribution in [2.75, 3.05) is 32.7 Å². The van der Waals surface area contributed by atoms with Crippen molar-refractivity contribution >= 4 is 10.9 Å². The summed E-state index contributed by atoms with van der Waals surface area (Å²) in [4.78, 5) is 5.84. The quantitative estimate of drug-likeness (QED) is 0.833. The van der Waals surface area contributed by atoms with Crippen molar-refractivity contribution in [1.82, 2.24) is 15.2 Å². The van der Waals surface area contributed by atoms with Gasteiger partial charge in [-0.25, -0.2) is 0 Å². The number of aromatic amines is 1. The summed E-state index contributed by atoms with van der Waals surface area (Å²) in [6, 6.07) is 8.08. The normalized spacial score (nSPS) is 15.0. The second-order valence-corrected chi connectivity index (χ2v) is 5.73. The highest BCUT2D eigenvalue weighted by Gasteiger charge is 2.09. The minimum Gasteiger partial charge on any atom is -0.361 e. The fourth-order valence-electron chi connectivity index (χ4n) is 3.04. The Hall–Kier alpha value is -1.83. The van der Waals surface area contributed by atoms with Crippen LogP contribution < -0.4 is 5.32 Å². The number of hydrogen-bond donors (Lipinski definition) is 2. The predicted octanol–water partition coefficient (Wildman–Crippen LogP) is 3.29. The number of unbranched alkanes of at least 4 members (excludes halogenated alkanes) is 1. The van der Waals surface area contributed by atoms with Gasteiger partial charge in [-0.1, -0.05) is 13.8 Å². The number of nitriles is 1. The van der Waals surface area contributed by atoms with Gasteiger partial charge in [-0.15, -0.1) is 0 Å². The molecule has 2 N–H and O–H groups in total. The Bertz CT molecular complexity index is 632. The number of H-pyrrole nitrogens is 1. The summed E-state index contributed by atoms with van der Waals surface area (Å²) in [5, 5.41) is 13.6. The first-order valence-corrected chi connectivity index (χ1v) is 8.80. The molecule has 0 aliphatic carbocycles. The molecule has 4 nitrogen and oxygen atoms in total. The van der Waals surface area contributed by atoms with Crippen molar-refractivity contribution in [3.8, 4) is 6.07 Å². The summed E-state index contributed by atoms with van der Waals surface area (Å²) in [6.45, 7) is 9.81. The molecule has 4 heteroatoms. The average molecular weight is 312 g/mol. The van der Waals surface area contributed by atoms with Gasteiger partial charge in [-0.05, 0) is 49.6 Å². The number of piperazine rings is 1. The first kappa shape index (κ1) is 17.5. The van der Waals surface area contributed by atoms with Crippen LogP contribution in [0.5, 0.6) is 0 Å². The van der Waals surface area contributed by atoms with Crippen molar-refractivity contribution in [1.29, 1.82) is 5.26 Å². The zero-order chi connectivity index (χ0) is 16.5. The number of benzene rings is 1. The number of nitrogens with one attached hydrogen (secondary N) is 2. The van der Waals surface area contributed by atoms with Crippen LogP contribution in [-0.2, 0) is 6.42 Å². The van der Waals surface area contributed by atoms with Crippen LogP contribution in [0.2, 0.25) is 0 Å². The molecule has 1 aliphatic heterocycles. The van der Waals surface area contributed by atoms with Gasteiger partial charge >= 0.3 is 0 Å². The third-order valence-electron chi connectivity index (χ3n) is 4.28. The molecule has 2 heterocycles. The topological polar surface area (TPSA) is 54.9 Å². The van der Waals surface area contributed by atoms with E-state index in [9.17, 15) is 0 Å². The minimum atomic E-state index is 0.740. The van der Waals surface area contributed by atoms with E-state index in [-0.39, 0.29) is 0 Å². The predicted molar refractivity (Wildman–Crippen MR) is 96.6 cm³/mol. The van der Waals surface area contributed by atoms with E-state index in [1.807, 2.05) is 32.0 Å². The Morgan fingerprint density at radius 1 is 1.17 bits per heavy atom. The Kier molecular flexibility index (Phi) is 7.12. The van der Waals surface area contributed by atoms with E-state index < -0.39 is 0 Å². The van der Waals surface area contributed by atoms with E-state index in [1.165, 1.54) is 43.4 Å². The molecule has 1 aromatic heterocycles. The number of rotatable bonds is 5. The summed E-state index contributed by atoms with van der Waals surface area (Å²) in [6.07, 6.45) is 5.62. The van der Waals surface area contributed by atoms with Gasteiger partial charge in [0.1, 0.15) is 0 Å². The molecule has 0 amide bonds. The van der Waals surface area contributed by atoms with Crippen LogP contribution in [0.4, 0.5) is 0 Å². The minimum absolute atomic E-state index is 0.740. The summed E-state index contributed by atoms with van der Waals surface area (Å²) < 4.78 is 0. The zero-order valence-electron chi connectivity index (χ0n) is 14.4. The molecule has 0 unspecified atom stereocenters. The summed E-state index contributed by atoms with van der Waals surface area (Å²) in [5.41, 5.74) is 3.21. The smallest absolute Gasteiger partial charge is 0.0991 e. The molecule has 124 valence electrons. The van der Waals surface area contributed by atoms with Gasteiger partial charge < -0.3 is 15.2 Å². The third kappa shape index (κ3) is 4.82. The van der Waals surface area contributed by atoms with Gasteiger partial charge in [-0.3, -0.25) is 0 Å². The molecule has 0 radical (unpaired) electrons. The summed E-state index contributed by atoms with van der Waals surface area (Å²) >= 11 is 0. The number of nitrogens with zero attached hydrogens (tertiary/aromatic N) is 2. The lowest BCUT2D eigenvalue weighted by Crippen LogP contribution is -2.43. The highest BCUT2D eigenvalue weighted by atomic mass is 15.2. The van der Waals surface area contributed by atoms with Crippen LogP contribution in [-0.4, -0.2) is 42.6 Å². The van der Waals surface area contributed by atoms with E-state index in [0.29, 0.717) is 0 Å². The van der Waals surface area contributed by atoms with E-state index in [1.54, 1.807) is 0 Å². The molecule has 1 aromatic carbocycles. The number of aromatic nitrogens is 1. The molecule has 0 spiro atoms. The number of aryl methyl sites for hydroxylation is 1. The molecule has 0 saturated carbocycles. The largest absolute Gasteiger partial charge is 0.361 e. The SMILES string of the molecule is CC.N#Cc1ccc2[nH]cc(CCCCN3CCNCC3)c2c1. The molecule has 1 saturated heterocycles. The number of fused-ring (bicyclic) bond motifs is 1. The molecular weight excluding hydrogens is 284 g/mol.